The smallest absolute Gasteiger partial charge is 0.0182 e. The van der Waals surface area contributed by atoms with Crippen molar-refractivity contribution in [2.24, 2.45) is 0 Å². The molecule has 0 aromatic carbocycles. The van der Waals surface area contributed by atoms with E-state index in [4.69, 9.17) is 0 Å². The van der Waals surface area contributed by atoms with E-state index in [2.05, 4.69) is 11.4 Å². The molecule has 1 N–H and O–H groups in total. The summed E-state index contributed by atoms with van der Waals surface area (Å²) in [5, 5.41) is 2.99. The van der Waals surface area contributed by atoms with Gasteiger partial charge in [-0.15, -0.1) is 0 Å². The minimum Gasteiger partial charge on any atom is -0.390 e. The summed E-state index contributed by atoms with van der Waals surface area (Å²) in [7, 11) is 0. The molecule has 0 aliphatic carbocycles. The maximum atomic E-state index is 2.99. The zero-order chi connectivity index (χ0) is 3.54. The monoisotopic (exact) mass is 68.1 g/mol. The average Bonchev–Trinajstić information content (AvgIpc) is 1.76. The second-order valence-corrected chi connectivity index (χ2v) is 1.05. The number of hydrogen-bond acceptors (Lipinski definition) is 1. The second kappa shape index (κ2) is 1.11. The van der Waals surface area contributed by atoms with E-state index in [9.17, 15) is 0 Å². The van der Waals surface area contributed by atoms with E-state index < -0.39 is 0 Å². The first-order valence-corrected chi connectivity index (χ1v) is 1.78. The number of rotatable bonds is 0. The maximum absolute atomic E-state index is 2.99. The largest absolute Gasteiger partial charge is 0.390 e. The van der Waals surface area contributed by atoms with Crippen LogP contribution in [0.25, 0.3) is 0 Å². The van der Waals surface area contributed by atoms with Crippen molar-refractivity contribution in [1.82, 2.24) is 5.32 Å². The zero-order valence-corrected chi connectivity index (χ0v) is 2.99. The Balaban J connectivity index is 2.32. The molecule has 1 heteroatoms. The van der Waals surface area contributed by atoms with Crippen molar-refractivity contribution < 1.29 is 0 Å². The Bertz CT molecular complexity index is 41.6. The highest BCUT2D eigenvalue weighted by molar-refractivity contribution is 4.78. The molecule has 0 aromatic rings. The van der Waals surface area contributed by atoms with Crippen LogP contribution >= 0.6 is 0 Å². The van der Waals surface area contributed by atoms with E-state index in [0.29, 0.717) is 0 Å². The Morgan fingerprint density at radius 2 is 2.80 bits per heavy atom. The molecule has 0 unspecified atom stereocenters. The van der Waals surface area contributed by atoms with Gasteiger partial charge in [-0.1, -0.05) is 0 Å². The molecule has 0 amide bonds. The van der Waals surface area contributed by atoms with Gasteiger partial charge in [0.15, 0.2) is 0 Å². The van der Waals surface area contributed by atoms with Crippen molar-refractivity contribution in [3.8, 4) is 0 Å². The first-order chi connectivity index (χ1) is 2.50. The fourth-order valence-electron chi connectivity index (χ4n) is 0.361. The van der Waals surface area contributed by atoms with Gasteiger partial charge in [0.05, 0.1) is 0 Å². The van der Waals surface area contributed by atoms with Gasteiger partial charge < -0.3 is 5.32 Å². The van der Waals surface area contributed by atoms with E-state index in [0.717, 1.165) is 13.0 Å². The Morgan fingerprint density at radius 1 is 1.80 bits per heavy atom. The van der Waals surface area contributed by atoms with E-state index in [-0.39, 0.29) is 0 Å². The first kappa shape index (κ1) is 2.76. The fraction of sp³-hybridized carbons (Fsp3) is 0.500. The molecule has 1 rings (SSSR count). The lowest BCUT2D eigenvalue weighted by Gasteiger charge is -1.77. The summed E-state index contributed by atoms with van der Waals surface area (Å²) in [5.74, 6) is 0. The lowest BCUT2D eigenvalue weighted by molar-refractivity contribution is 0.913. The van der Waals surface area contributed by atoms with E-state index in [1.807, 2.05) is 6.20 Å². The molecule has 0 spiro atoms. The summed E-state index contributed by atoms with van der Waals surface area (Å²) < 4.78 is 0. The minimum atomic E-state index is 1.08. The minimum absolute atomic E-state index is 1.08. The molecule has 1 radical (unpaired) electrons. The molecular formula is C4H6N. The zero-order valence-electron chi connectivity index (χ0n) is 2.99. The van der Waals surface area contributed by atoms with E-state index >= 15 is 0 Å². The van der Waals surface area contributed by atoms with Gasteiger partial charge in [0, 0.05) is 12.7 Å². The molecular weight excluding hydrogens is 62.1 g/mol. The number of nitrogens with one attached hydrogen (secondary N) is 1. The highest BCUT2D eigenvalue weighted by Crippen LogP contribution is 1.82. The van der Waals surface area contributed by atoms with Gasteiger partial charge in [-0.25, -0.2) is 0 Å². The Morgan fingerprint density at radius 3 is 3.00 bits per heavy atom. The molecule has 27 valence electrons. The van der Waals surface area contributed by atoms with Crippen LogP contribution < -0.4 is 5.32 Å². The van der Waals surface area contributed by atoms with Crippen molar-refractivity contribution in [3.05, 3.63) is 12.3 Å². The molecule has 5 heavy (non-hydrogen) atoms. The van der Waals surface area contributed by atoms with Crippen LogP contribution in [0, 0.1) is 6.08 Å². The summed E-state index contributed by atoms with van der Waals surface area (Å²) in [6.45, 7) is 1.08. The highest BCUT2D eigenvalue weighted by Gasteiger charge is 1.82. The van der Waals surface area contributed by atoms with Crippen molar-refractivity contribution in [2.75, 3.05) is 6.54 Å². The lowest BCUT2D eigenvalue weighted by atomic mass is 10.5. The third kappa shape index (κ3) is 0.407. The first-order valence-electron chi connectivity index (χ1n) is 1.78. The SMILES string of the molecule is [C]1=CNCC1. The predicted molar refractivity (Wildman–Crippen MR) is 20.4 cm³/mol. The molecule has 0 saturated heterocycles. The normalized spacial score (nSPS) is 19.2. The summed E-state index contributed by atoms with van der Waals surface area (Å²) in [6.07, 6.45) is 5.93. The Hall–Kier alpha value is -0.460. The molecule has 0 aromatic heterocycles. The van der Waals surface area contributed by atoms with Crippen molar-refractivity contribution >= 4 is 0 Å². The molecule has 1 aliphatic rings. The fourth-order valence-corrected chi connectivity index (χ4v) is 0.361. The third-order valence-electron chi connectivity index (χ3n) is 0.618. The van der Waals surface area contributed by atoms with Gasteiger partial charge in [-0.05, 0) is 12.5 Å². The van der Waals surface area contributed by atoms with Crippen molar-refractivity contribution in [3.63, 3.8) is 0 Å². The van der Waals surface area contributed by atoms with Gasteiger partial charge in [0.1, 0.15) is 0 Å². The third-order valence-corrected chi connectivity index (χ3v) is 0.618. The summed E-state index contributed by atoms with van der Waals surface area (Å²) in [4.78, 5) is 0. The van der Waals surface area contributed by atoms with Crippen LogP contribution in [0.15, 0.2) is 6.20 Å². The summed E-state index contributed by atoms with van der Waals surface area (Å²) in [6, 6.07) is 0. The molecule has 0 saturated carbocycles. The van der Waals surface area contributed by atoms with Gasteiger partial charge in [0.25, 0.3) is 0 Å². The van der Waals surface area contributed by atoms with Crippen molar-refractivity contribution in [2.45, 2.75) is 6.42 Å². The lowest BCUT2D eigenvalue weighted by Crippen LogP contribution is -1.96. The van der Waals surface area contributed by atoms with E-state index in [1.165, 1.54) is 0 Å². The van der Waals surface area contributed by atoms with Gasteiger partial charge >= 0.3 is 0 Å². The predicted octanol–water partition coefficient (Wildman–Crippen LogP) is 0.297. The summed E-state index contributed by atoms with van der Waals surface area (Å²) in [5.41, 5.74) is 0. The van der Waals surface area contributed by atoms with Crippen LogP contribution in [0.4, 0.5) is 0 Å². The molecule has 0 atom stereocenters. The molecule has 0 bridgehead atoms. The van der Waals surface area contributed by atoms with Crippen LogP contribution in [0.5, 0.6) is 0 Å². The number of hydrogen-bond donors (Lipinski definition) is 1. The maximum Gasteiger partial charge on any atom is 0.0182 e. The topological polar surface area (TPSA) is 12.0 Å². The quantitative estimate of drug-likeness (QED) is 0.430. The van der Waals surface area contributed by atoms with Crippen LogP contribution in [-0.2, 0) is 0 Å². The van der Waals surface area contributed by atoms with E-state index in [1.54, 1.807) is 0 Å². The Labute approximate surface area is 31.7 Å². The van der Waals surface area contributed by atoms with Crippen LogP contribution in [0.3, 0.4) is 0 Å². The van der Waals surface area contributed by atoms with Gasteiger partial charge in [0.2, 0.25) is 0 Å². The van der Waals surface area contributed by atoms with Crippen LogP contribution in [0.1, 0.15) is 6.42 Å². The van der Waals surface area contributed by atoms with Crippen molar-refractivity contribution in [1.29, 1.82) is 0 Å². The summed E-state index contributed by atoms with van der Waals surface area (Å²) >= 11 is 0. The van der Waals surface area contributed by atoms with Gasteiger partial charge in [-0.3, -0.25) is 0 Å². The second-order valence-electron chi connectivity index (χ2n) is 1.05. The highest BCUT2D eigenvalue weighted by atomic mass is 14.8. The molecule has 0 fully saturated rings. The molecule has 1 aliphatic heterocycles. The molecule has 1 heterocycles. The standard InChI is InChI=1S/C4H6N/c1-2-4-5-3-1/h4-5H,1,3H2. The van der Waals surface area contributed by atoms with Crippen LogP contribution in [-0.4, -0.2) is 6.54 Å². The average molecular weight is 68.1 g/mol. The van der Waals surface area contributed by atoms with Crippen LogP contribution in [0.2, 0.25) is 0 Å². The van der Waals surface area contributed by atoms with Gasteiger partial charge in [-0.2, -0.15) is 0 Å². The molecule has 1 nitrogen and oxygen atoms in total. The Kier molecular flexibility index (Phi) is 0.612.